The summed E-state index contributed by atoms with van der Waals surface area (Å²) in [5.41, 5.74) is -0.655. The summed E-state index contributed by atoms with van der Waals surface area (Å²) < 4.78 is 38.8. The van der Waals surface area contributed by atoms with Crippen LogP contribution in [0.5, 0.6) is 0 Å². The highest BCUT2D eigenvalue weighted by Gasteiger charge is 2.30. The molecule has 106 valence electrons. The molecule has 0 aliphatic heterocycles. The average molecular weight is 305 g/mol. The van der Waals surface area contributed by atoms with Crippen molar-refractivity contribution in [2.75, 3.05) is 0 Å². The number of halogens is 4. The van der Waals surface area contributed by atoms with Crippen molar-refractivity contribution >= 4 is 17.6 Å². The molecule has 2 aromatic rings. The number of carboxylic acid groups (broad SMARTS) is 1. The molecule has 1 N–H and O–H groups in total. The molecular weight excluding hydrogens is 297 g/mol. The van der Waals surface area contributed by atoms with Crippen molar-refractivity contribution in [3.63, 3.8) is 0 Å². The number of carbonyl (C=O) groups is 1. The van der Waals surface area contributed by atoms with E-state index in [4.69, 9.17) is 16.7 Å². The largest absolute Gasteiger partial charge is 0.478 e. The molecule has 0 spiro atoms. The fraction of sp³-hybridized carbons (Fsp3) is 0.167. The van der Waals surface area contributed by atoms with Gasteiger partial charge in [-0.1, -0.05) is 23.7 Å². The van der Waals surface area contributed by atoms with Crippen LogP contribution in [0.1, 0.15) is 21.5 Å². The summed E-state index contributed by atoms with van der Waals surface area (Å²) >= 11 is 5.80. The molecule has 0 aliphatic rings. The normalized spacial score (nSPS) is 11.6. The van der Waals surface area contributed by atoms with E-state index < -0.39 is 17.7 Å². The number of carboxylic acids is 1. The summed E-state index contributed by atoms with van der Waals surface area (Å²) in [5.74, 6) is -1.25. The van der Waals surface area contributed by atoms with Crippen LogP contribution >= 0.6 is 11.6 Å². The highest BCUT2D eigenvalue weighted by atomic mass is 35.5. The maximum atomic E-state index is 12.6. The first-order chi connectivity index (χ1) is 9.29. The number of aromatic nitrogens is 2. The van der Waals surface area contributed by atoms with Gasteiger partial charge in [-0.3, -0.25) is 0 Å². The van der Waals surface area contributed by atoms with Gasteiger partial charge >= 0.3 is 12.1 Å². The molecule has 0 radical (unpaired) electrons. The van der Waals surface area contributed by atoms with E-state index in [1.54, 1.807) is 0 Å². The summed E-state index contributed by atoms with van der Waals surface area (Å²) in [6, 6.07) is 4.68. The average Bonchev–Trinajstić information content (AvgIpc) is 2.70. The topological polar surface area (TPSA) is 55.1 Å². The van der Waals surface area contributed by atoms with Gasteiger partial charge in [0.05, 0.1) is 18.3 Å². The van der Waals surface area contributed by atoms with Gasteiger partial charge in [0, 0.05) is 0 Å². The zero-order chi connectivity index (χ0) is 14.9. The molecule has 1 aromatic carbocycles. The van der Waals surface area contributed by atoms with Crippen LogP contribution in [0.4, 0.5) is 13.2 Å². The Kier molecular flexibility index (Phi) is 3.71. The third-order valence-corrected chi connectivity index (χ3v) is 2.99. The van der Waals surface area contributed by atoms with Crippen molar-refractivity contribution in [2.24, 2.45) is 0 Å². The zero-order valence-corrected chi connectivity index (χ0v) is 10.6. The molecule has 8 heteroatoms. The number of alkyl halides is 3. The lowest BCUT2D eigenvalue weighted by molar-refractivity contribution is -0.137. The Morgan fingerprint density at radius 1 is 1.40 bits per heavy atom. The van der Waals surface area contributed by atoms with Gasteiger partial charge in [-0.25, -0.2) is 9.48 Å². The lowest BCUT2D eigenvalue weighted by atomic mass is 10.1. The lowest BCUT2D eigenvalue weighted by Crippen LogP contribution is -2.07. The van der Waals surface area contributed by atoms with Crippen LogP contribution in [0.2, 0.25) is 5.15 Å². The van der Waals surface area contributed by atoms with Gasteiger partial charge in [-0.15, -0.1) is 0 Å². The quantitative estimate of drug-likeness (QED) is 0.946. The fourth-order valence-electron chi connectivity index (χ4n) is 1.64. The minimum atomic E-state index is -4.43. The molecule has 4 nitrogen and oxygen atoms in total. The predicted octanol–water partition coefficient (Wildman–Crippen LogP) is 3.30. The second-order valence-corrected chi connectivity index (χ2v) is 4.37. The van der Waals surface area contributed by atoms with Crippen LogP contribution in [0.15, 0.2) is 30.5 Å². The van der Waals surface area contributed by atoms with Crippen molar-refractivity contribution in [1.82, 2.24) is 9.78 Å². The summed E-state index contributed by atoms with van der Waals surface area (Å²) in [7, 11) is 0. The van der Waals surface area contributed by atoms with E-state index in [0.717, 1.165) is 23.0 Å². The number of hydrogen-bond donors (Lipinski definition) is 1. The van der Waals surface area contributed by atoms with Crippen molar-refractivity contribution in [2.45, 2.75) is 12.7 Å². The monoisotopic (exact) mass is 304 g/mol. The Morgan fingerprint density at radius 3 is 2.65 bits per heavy atom. The van der Waals surface area contributed by atoms with Crippen LogP contribution in [0, 0.1) is 0 Å². The Labute approximate surface area is 116 Å². The number of nitrogens with zero attached hydrogens (tertiary/aromatic N) is 2. The summed E-state index contributed by atoms with van der Waals surface area (Å²) in [5, 5.41) is 12.4. The molecule has 20 heavy (non-hydrogen) atoms. The molecule has 0 amide bonds. The molecule has 0 atom stereocenters. The lowest BCUT2D eigenvalue weighted by Gasteiger charge is -2.09. The maximum absolute atomic E-state index is 12.6. The van der Waals surface area contributed by atoms with Crippen LogP contribution < -0.4 is 0 Å². The van der Waals surface area contributed by atoms with E-state index in [1.165, 1.54) is 12.1 Å². The van der Waals surface area contributed by atoms with Crippen molar-refractivity contribution in [3.8, 4) is 0 Å². The molecule has 0 unspecified atom stereocenters. The first kappa shape index (κ1) is 14.4. The van der Waals surface area contributed by atoms with Crippen molar-refractivity contribution in [1.29, 1.82) is 0 Å². The SMILES string of the molecule is O=C(O)c1cnn(Cc2cccc(C(F)(F)F)c2)c1Cl. The van der Waals surface area contributed by atoms with E-state index in [0.29, 0.717) is 5.56 Å². The van der Waals surface area contributed by atoms with Crippen LogP contribution in [0.3, 0.4) is 0 Å². The number of rotatable bonds is 3. The smallest absolute Gasteiger partial charge is 0.416 e. The third kappa shape index (κ3) is 2.93. The highest BCUT2D eigenvalue weighted by Crippen LogP contribution is 2.29. The fourth-order valence-corrected chi connectivity index (χ4v) is 1.88. The second-order valence-electron chi connectivity index (χ2n) is 4.01. The minimum absolute atomic E-state index is 0.0456. The standard InChI is InChI=1S/C12H8ClF3N2O2/c13-10-9(11(19)20)5-17-18(10)6-7-2-1-3-8(4-7)12(14,15)16/h1-5H,6H2,(H,19,20). The van der Waals surface area contributed by atoms with Crippen LogP contribution in [-0.2, 0) is 12.7 Å². The number of hydrogen-bond acceptors (Lipinski definition) is 2. The van der Waals surface area contributed by atoms with Crippen LogP contribution in [0.25, 0.3) is 0 Å². The van der Waals surface area contributed by atoms with Gasteiger partial charge < -0.3 is 5.11 Å². The van der Waals surface area contributed by atoms with E-state index in [2.05, 4.69) is 5.10 Å². The van der Waals surface area contributed by atoms with E-state index in [9.17, 15) is 18.0 Å². The molecule has 1 heterocycles. The molecule has 1 aromatic heterocycles. The predicted molar refractivity (Wildman–Crippen MR) is 64.7 cm³/mol. The van der Waals surface area contributed by atoms with Crippen LogP contribution in [-0.4, -0.2) is 20.9 Å². The molecule has 0 bridgehead atoms. The molecular formula is C12H8ClF3N2O2. The number of aromatic carboxylic acids is 1. The van der Waals surface area contributed by atoms with Gasteiger partial charge in [-0.05, 0) is 17.7 Å². The minimum Gasteiger partial charge on any atom is -0.478 e. The molecule has 0 aliphatic carbocycles. The Balaban J connectivity index is 2.29. The van der Waals surface area contributed by atoms with E-state index in [-0.39, 0.29) is 17.3 Å². The molecule has 2 rings (SSSR count). The summed E-state index contributed by atoms with van der Waals surface area (Å²) in [6.45, 7) is -0.0456. The number of benzene rings is 1. The van der Waals surface area contributed by atoms with Gasteiger partial charge in [0.25, 0.3) is 0 Å². The van der Waals surface area contributed by atoms with Gasteiger partial charge in [-0.2, -0.15) is 18.3 Å². The van der Waals surface area contributed by atoms with Crippen molar-refractivity contribution < 1.29 is 23.1 Å². The Morgan fingerprint density at radius 2 is 2.10 bits per heavy atom. The first-order valence-corrected chi connectivity index (χ1v) is 5.77. The molecule has 0 saturated carbocycles. The molecule has 0 saturated heterocycles. The van der Waals surface area contributed by atoms with Crippen molar-refractivity contribution in [3.05, 3.63) is 52.3 Å². The van der Waals surface area contributed by atoms with E-state index in [1.807, 2.05) is 0 Å². The zero-order valence-electron chi connectivity index (χ0n) is 9.86. The van der Waals surface area contributed by atoms with Gasteiger partial charge in [0.15, 0.2) is 0 Å². The first-order valence-electron chi connectivity index (χ1n) is 5.40. The Bertz CT molecular complexity index is 652. The second kappa shape index (κ2) is 5.16. The Hall–Kier alpha value is -2.02. The molecule has 0 fully saturated rings. The van der Waals surface area contributed by atoms with E-state index >= 15 is 0 Å². The maximum Gasteiger partial charge on any atom is 0.416 e. The third-order valence-electron chi connectivity index (χ3n) is 2.59. The van der Waals surface area contributed by atoms with Gasteiger partial charge in [0.2, 0.25) is 0 Å². The summed E-state index contributed by atoms with van der Waals surface area (Å²) in [4.78, 5) is 10.8. The summed E-state index contributed by atoms with van der Waals surface area (Å²) in [6.07, 6.45) is -3.38. The highest BCUT2D eigenvalue weighted by molar-refractivity contribution is 6.32. The van der Waals surface area contributed by atoms with Gasteiger partial charge in [0.1, 0.15) is 10.7 Å².